The number of carbonyl (C=O) groups excluding carboxylic acids is 1. The molecule has 0 saturated carbocycles. The van der Waals surface area contributed by atoms with Gasteiger partial charge in [-0.1, -0.05) is 24.3 Å². The minimum absolute atomic E-state index is 0.146. The lowest BCUT2D eigenvalue weighted by molar-refractivity contribution is -0.137. The van der Waals surface area contributed by atoms with Crippen LogP contribution in [-0.4, -0.2) is 35.4 Å². The lowest BCUT2D eigenvalue weighted by Gasteiger charge is -2.37. The molecule has 0 radical (unpaired) electrons. The predicted octanol–water partition coefficient (Wildman–Crippen LogP) is 3.95. The normalized spacial score (nSPS) is 17.9. The van der Waals surface area contributed by atoms with Crippen LogP contribution in [0.2, 0.25) is 0 Å². The van der Waals surface area contributed by atoms with E-state index in [4.69, 9.17) is 0 Å². The Morgan fingerprint density at radius 2 is 1.88 bits per heavy atom. The maximum atomic E-state index is 13.0. The second-order valence-corrected chi connectivity index (χ2v) is 8.25. The van der Waals surface area contributed by atoms with Crippen LogP contribution < -0.4 is 4.90 Å². The zero-order chi connectivity index (χ0) is 18.1. The van der Waals surface area contributed by atoms with Gasteiger partial charge in [-0.2, -0.15) is 0 Å². The van der Waals surface area contributed by atoms with E-state index in [0.717, 1.165) is 55.7 Å². The van der Waals surface area contributed by atoms with Gasteiger partial charge in [0.2, 0.25) is 5.91 Å². The highest BCUT2D eigenvalue weighted by molar-refractivity contribution is 9.10. The molecule has 5 heteroatoms. The van der Waals surface area contributed by atoms with E-state index in [-0.39, 0.29) is 5.92 Å². The van der Waals surface area contributed by atoms with E-state index < -0.39 is 0 Å². The molecule has 136 valence electrons. The van der Waals surface area contributed by atoms with Crippen LogP contribution in [0.25, 0.3) is 0 Å². The highest BCUT2D eigenvalue weighted by Gasteiger charge is 2.30. The van der Waals surface area contributed by atoms with Crippen molar-refractivity contribution in [2.75, 3.05) is 24.5 Å². The average Bonchev–Trinajstić information content (AvgIpc) is 2.67. The van der Waals surface area contributed by atoms with Crippen molar-refractivity contribution in [1.29, 1.82) is 0 Å². The number of hydrogen-bond donors (Lipinski definition) is 0. The van der Waals surface area contributed by atoms with E-state index in [1.807, 2.05) is 6.20 Å². The van der Waals surface area contributed by atoms with Crippen LogP contribution >= 0.6 is 15.9 Å². The lowest BCUT2D eigenvalue weighted by atomic mass is 9.93. The van der Waals surface area contributed by atoms with Crippen molar-refractivity contribution in [1.82, 2.24) is 9.88 Å². The van der Waals surface area contributed by atoms with Crippen molar-refractivity contribution < 1.29 is 4.79 Å². The van der Waals surface area contributed by atoms with Crippen LogP contribution in [0.15, 0.2) is 41.0 Å². The first-order chi connectivity index (χ1) is 12.6. The molecule has 0 N–H and O–H groups in total. The summed E-state index contributed by atoms with van der Waals surface area (Å²) in [5, 5.41) is 0. The molecule has 2 aliphatic heterocycles. The van der Waals surface area contributed by atoms with Crippen molar-refractivity contribution in [3.8, 4) is 0 Å². The predicted molar refractivity (Wildman–Crippen MR) is 107 cm³/mol. The van der Waals surface area contributed by atoms with E-state index >= 15 is 0 Å². The number of hydrogen-bond acceptors (Lipinski definition) is 3. The zero-order valence-corrected chi connectivity index (χ0v) is 16.7. The maximum Gasteiger partial charge on any atom is 0.226 e. The smallest absolute Gasteiger partial charge is 0.226 e. The molecule has 0 unspecified atom stereocenters. The summed E-state index contributed by atoms with van der Waals surface area (Å²) < 4.78 is 1.01. The highest BCUT2D eigenvalue weighted by Crippen LogP contribution is 2.28. The Bertz CT molecular complexity index is 815. The van der Waals surface area contributed by atoms with Gasteiger partial charge >= 0.3 is 0 Å². The fourth-order valence-electron chi connectivity index (χ4n) is 4.14. The van der Waals surface area contributed by atoms with Crippen molar-refractivity contribution in [2.24, 2.45) is 5.92 Å². The highest BCUT2D eigenvalue weighted by atomic mass is 79.9. The monoisotopic (exact) mass is 413 g/mol. The van der Waals surface area contributed by atoms with Crippen LogP contribution in [-0.2, 0) is 17.8 Å². The SMILES string of the molecule is Cc1cc(Br)cnc1N1CCC(C(=O)N2CCc3ccccc3C2)CC1. The van der Waals surface area contributed by atoms with E-state index in [1.54, 1.807) is 0 Å². The molecule has 1 saturated heterocycles. The zero-order valence-electron chi connectivity index (χ0n) is 15.1. The van der Waals surface area contributed by atoms with Crippen molar-refractivity contribution in [2.45, 2.75) is 32.7 Å². The summed E-state index contributed by atoms with van der Waals surface area (Å²) in [6.07, 6.45) is 4.65. The summed E-state index contributed by atoms with van der Waals surface area (Å²) >= 11 is 3.47. The Balaban J connectivity index is 1.38. The van der Waals surface area contributed by atoms with E-state index in [2.05, 4.69) is 68.0 Å². The number of carbonyl (C=O) groups is 1. The second-order valence-electron chi connectivity index (χ2n) is 7.33. The largest absolute Gasteiger partial charge is 0.356 e. The average molecular weight is 414 g/mol. The molecule has 26 heavy (non-hydrogen) atoms. The van der Waals surface area contributed by atoms with Gasteiger partial charge in [-0.15, -0.1) is 0 Å². The summed E-state index contributed by atoms with van der Waals surface area (Å²) in [6, 6.07) is 10.6. The molecule has 0 bridgehead atoms. The van der Waals surface area contributed by atoms with Crippen LogP contribution in [0.3, 0.4) is 0 Å². The van der Waals surface area contributed by atoms with Gasteiger partial charge in [-0.05, 0) is 64.9 Å². The first-order valence-corrected chi connectivity index (χ1v) is 10.1. The third kappa shape index (κ3) is 3.50. The number of nitrogens with zero attached hydrogens (tertiary/aromatic N) is 3. The summed E-state index contributed by atoms with van der Waals surface area (Å²) in [5.41, 5.74) is 3.87. The summed E-state index contributed by atoms with van der Waals surface area (Å²) in [6.45, 7) is 5.51. The van der Waals surface area contributed by atoms with Gasteiger partial charge < -0.3 is 9.80 Å². The Hall–Kier alpha value is -1.88. The molecule has 3 heterocycles. The molecule has 1 aromatic carbocycles. The van der Waals surface area contributed by atoms with Gasteiger partial charge in [-0.25, -0.2) is 4.98 Å². The number of halogens is 1. The number of rotatable bonds is 2. The quantitative estimate of drug-likeness (QED) is 0.747. The second kappa shape index (κ2) is 7.39. The number of piperidine rings is 1. The van der Waals surface area contributed by atoms with Gasteiger partial charge in [0.25, 0.3) is 0 Å². The number of fused-ring (bicyclic) bond motifs is 1. The van der Waals surface area contributed by atoms with Crippen molar-refractivity contribution in [3.05, 3.63) is 57.7 Å². The summed E-state index contributed by atoms with van der Waals surface area (Å²) in [4.78, 5) is 22.0. The molecule has 1 amide bonds. The van der Waals surface area contributed by atoms with Crippen LogP contribution in [0, 0.1) is 12.8 Å². The molecular formula is C21H24BrN3O. The lowest BCUT2D eigenvalue weighted by Crippen LogP contribution is -2.44. The molecule has 2 aromatic rings. The van der Waals surface area contributed by atoms with Crippen LogP contribution in [0.5, 0.6) is 0 Å². The van der Waals surface area contributed by atoms with Gasteiger partial charge in [0.15, 0.2) is 0 Å². The number of benzene rings is 1. The minimum Gasteiger partial charge on any atom is -0.356 e. The molecule has 4 rings (SSSR count). The Morgan fingerprint density at radius 3 is 2.62 bits per heavy atom. The first-order valence-electron chi connectivity index (χ1n) is 9.34. The molecule has 0 aliphatic carbocycles. The van der Waals surface area contributed by atoms with Crippen molar-refractivity contribution >= 4 is 27.7 Å². The molecular weight excluding hydrogens is 390 g/mol. The third-order valence-electron chi connectivity index (χ3n) is 5.60. The Morgan fingerprint density at radius 1 is 1.15 bits per heavy atom. The van der Waals surface area contributed by atoms with Gasteiger partial charge in [0.1, 0.15) is 5.82 Å². The summed E-state index contributed by atoms with van der Waals surface area (Å²) in [5.74, 6) is 1.53. The first kappa shape index (κ1) is 17.5. The minimum atomic E-state index is 0.146. The molecule has 0 atom stereocenters. The number of aryl methyl sites for hydroxylation is 1. The Labute approximate surface area is 163 Å². The topological polar surface area (TPSA) is 36.4 Å². The van der Waals surface area contributed by atoms with E-state index in [9.17, 15) is 4.79 Å². The number of aromatic nitrogens is 1. The van der Waals surface area contributed by atoms with Gasteiger partial charge in [0.05, 0.1) is 0 Å². The fourth-order valence-corrected chi connectivity index (χ4v) is 4.59. The number of pyridine rings is 1. The van der Waals surface area contributed by atoms with Gasteiger partial charge in [-0.3, -0.25) is 4.79 Å². The number of anilines is 1. The molecule has 1 fully saturated rings. The van der Waals surface area contributed by atoms with Gasteiger partial charge in [0, 0.05) is 42.8 Å². The molecule has 1 aromatic heterocycles. The van der Waals surface area contributed by atoms with E-state index in [0.29, 0.717) is 5.91 Å². The van der Waals surface area contributed by atoms with Crippen LogP contribution in [0.1, 0.15) is 29.5 Å². The molecule has 0 spiro atoms. The van der Waals surface area contributed by atoms with Crippen LogP contribution in [0.4, 0.5) is 5.82 Å². The Kier molecular flexibility index (Phi) is 4.98. The fraction of sp³-hybridized carbons (Fsp3) is 0.429. The third-order valence-corrected chi connectivity index (χ3v) is 6.04. The maximum absolute atomic E-state index is 13.0. The summed E-state index contributed by atoms with van der Waals surface area (Å²) in [7, 11) is 0. The molecule has 4 nitrogen and oxygen atoms in total. The standard InChI is InChI=1S/C21H24BrN3O/c1-15-12-19(22)13-23-20(15)24-9-7-17(8-10-24)21(26)25-11-6-16-4-2-3-5-18(16)14-25/h2-5,12-13,17H,6-11,14H2,1H3. The van der Waals surface area contributed by atoms with Crippen molar-refractivity contribution in [3.63, 3.8) is 0 Å². The molecule has 2 aliphatic rings. The van der Waals surface area contributed by atoms with E-state index in [1.165, 1.54) is 16.7 Å². The number of amides is 1.